The average molecular weight is 324 g/mol. The Hall–Kier alpha value is -1.00. The maximum atomic E-state index is 6.00. The normalized spacial score (nSPS) is 11.6. The summed E-state index contributed by atoms with van der Waals surface area (Å²) in [5, 5.41) is 0. The molecule has 1 aromatic carbocycles. The van der Waals surface area contributed by atoms with Crippen molar-refractivity contribution in [2.24, 2.45) is 0 Å². The molecule has 4 heteroatoms. The molecular formula is C18H33NO2Si. The molecule has 0 radical (unpaired) electrons. The summed E-state index contributed by atoms with van der Waals surface area (Å²) in [5.41, 5.74) is 1.27. The van der Waals surface area contributed by atoms with E-state index in [0.29, 0.717) is 0 Å². The summed E-state index contributed by atoms with van der Waals surface area (Å²) < 4.78 is 11.9. The fraction of sp³-hybridized carbons (Fsp3) is 0.667. The van der Waals surface area contributed by atoms with E-state index in [-0.39, 0.29) is 5.60 Å². The van der Waals surface area contributed by atoms with E-state index in [1.807, 2.05) is 26.2 Å². The number of hydrogen-bond acceptors (Lipinski definition) is 3. The highest BCUT2D eigenvalue weighted by Crippen LogP contribution is 2.29. The number of rotatable bonds is 11. The van der Waals surface area contributed by atoms with Crippen LogP contribution in [0.3, 0.4) is 0 Å². The van der Waals surface area contributed by atoms with Crippen LogP contribution < -0.4 is 9.64 Å². The lowest BCUT2D eigenvalue weighted by atomic mass is 9.88. The molecule has 0 saturated carbocycles. The summed E-state index contributed by atoms with van der Waals surface area (Å²) in [4.78, 5) is 2.09. The Morgan fingerprint density at radius 1 is 1.09 bits per heavy atom. The second-order valence-electron chi connectivity index (χ2n) is 6.23. The first-order chi connectivity index (χ1) is 10.6. The molecular weight excluding hydrogens is 290 g/mol. The Balaban J connectivity index is 2.47. The lowest BCUT2D eigenvalue weighted by molar-refractivity contribution is 0.0431. The van der Waals surface area contributed by atoms with Crippen LogP contribution in [0, 0.1) is 0 Å². The molecule has 0 amide bonds. The van der Waals surface area contributed by atoms with Crippen molar-refractivity contribution in [3.05, 3.63) is 24.3 Å². The second kappa shape index (κ2) is 9.90. The van der Waals surface area contributed by atoms with Gasteiger partial charge in [-0.2, -0.15) is 0 Å². The minimum atomic E-state index is 0.102. The van der Waals surface area contributed by atoms with Crippen molar-refractivity contribution in [3.63, 3.8) is 0 Å². The van der Waals surface area contributed by atoms with E-state index in [4.69, 9.17) is 9.16 Å². The summed E-state index contributed by atoms with van der Waals surface area (Å²) in [5.74, 6) is 0.953. The first-order valence-corrected chi connectivity index (χ1v) is 9.34. The molecule has 0 aliphatic heterocycles. The summed E-state index contributed by atoms with van der Waals surface area (Å²) in [6, 6.07) is 8.26. The molecule has 0 aliphatic rings. The van der Waals surface area contributed by atoms with Crippen molar-refractivity contribution in [3.8, 4) is 5.75 Å². The standard InChI is InChI=1S/C18H33NO2Si/c1-5-11-18(21-22,12-6-2)13-8-14-20-17-10-7-9-16(15-17)19(3)4/h7,9-10,15H,5-6,8,11-14H2,1-4,22H3. The summed E-state index contributed by atoms with van der Waals surface area (Å²) in [6.07, 6.45) is 6.86. The molecule has 0 heterocycles. The highest BCUT2D eigenvalue weighted by atomic mass is 28.2. The van der Waals surface area contributed by atoms with E-state index in [1.54, 1.807) is 0 Å². The van der Waals surface area contributed by atoms with Crippen LogP contribution in [0.15, 0.2) is 24.3 Å². The third-order valence-corrected chi connectivity index (χ3v) is 5.09. The third-order valence-electron chi connectivity index (χ3n) is 4.22. The summed E-state index contributed by atoms with van der Waals surface area (Å²) in [7, 11) is 4.91. The lowest BCUT2D eigenvalue weighted by Crippen LogP contribution is -2.32. The van der Waals surface area contributed by atoms with Crippen molar-refractivity contribution in [1.29, 1.82) is 0 Å². The van der Waals surface area contributed by atoms with Crippen molar-refractivity contribution >= 4 is 16.2 Å². The van der Waals surface area contributed by atoms with Gasteiger partial charge in [-0.3, -0.25) is 0 Å². The Labute approximate surface area is 139 Å². The number of nitrogens with zero attached hydrogens (tertiary/aromatic N) is 1. The number of hydrogen-bond donors (Lipinski definition) is 0. The average Bonchev–Trinajstić information content (AvgIpc) is 2.52. The van der Waals surface area contributed by atoms with Gasteiger partial charge in [0.2, 0.25) is 0 Å². The van der Waals surface area contributed by atoms with Gasteiger partial charge in [0.25, 0.3) is 0 Å². The molecule has 126 valence electrons. The van der Waals surface area contributed by atoms with E-state index in [9.17, 15) is 0 Å². The smallest absolute Gasteiger partial charge is 0.146 e. The van der Waals surface area contributed by atoms with Crippen LogP contribution in [0.5, 0.6) is 5.75 Å². The Morgan fingerprint density at radius 2 is 1.77 bits per heavy atom. The topological polar surface area (TPSA) is 21.7 Å². The van der Waals surface area contributed by atoms with Gasteiger partial charge in [-0.15, -0.1) is 0 Å². The Kier molecular flexibility index (Phi) is 8.57. The van der Waals surface area contributed by atoms with Gasteiger partial charge in [-0.05, 0) is 37.8 Å². The van der Waals surface area contributed by atoms with Gasteiger partial charge in [0.05, 0.1) is 12.2 Å². The maximum Gasteiger partial charge on any atom is 0.146 e. The van der Waals surface area contributed by atoms with Crippen molar-refractivity contribution in [2.45, 2.75) is 58.0 Å². The molecule has 0 atom stereocenters. The van der Waals surface area contributed by atoms with Crippen LogP contribution >= 0.6 is 0 Å². The predicted octanol–water partition coefficient (Wildman–Crippen LogP) is 3.55. The van der Waals surface area contributed by atoms with Crippen LogP contribution in [0.25, 0.3) is 0 Å². The molecule has 1 rings (SSSR count). The van der Waals surface area contributed by atoms with Crippen molar-refractivity contribution in [1.82, 2.24) is 0 Å². The molecule has 0 aliphatic carbocycles. The maximum absolute atomic E-state index is 6.00. The fourth-order valence-electron chi connectivity index (χ4n) is 3.03. The zero-order valence-electron chi connectivity index (χ0n) is 15.0. The molecule has 0 aromatic heterocycles. The molecule has 0 unspecified atom stereocenters. The first kappa shape index (κ1) is 19.0. The number of anilines is 1. The van der Waals surface area contributed by atoms with Gasteiger partial charge in [-0.25, -0.2) is 0 Å². The van der Waals surface area contributed by atoms with Crippen LogP contribution in [0.2, 0.25) is 0 Å². The van der Waals surface area contributed by atoms with Crippen molar-refractivity contribution < 1.29 is 9.16 Å². The number of benzene rings is 1. The summed E-state index contributed by atoms with van der Waals surface area (Å²) in [6.45, 7) is 5.25. The highest BCUT2D eigenvalue weighted by molar-refractivity contribution is 5.98. The molecule has 1 aromatic rings. The molecule has 0 fully saturated rings. The van der Waals surface area contributed by atoms with E-state index < -0.39 is 0 Å². The molecule has 0 spiro atoms. The highest BCUT2D eigenvalue weighted by Gasteiger charge is 2.26. The molecule has 0 N–H and O–H groups in total. The molecule has 0 saturated heterocycles. The van der Waals surface area contributed by atoms with Crippen molar-refractivity contribution in [2.75, 3.05) is 25.6 Å². The van der Waals surface area contributed by atoms with Gasteiger partial charge in [0.15, 0.2) is 0 Å². The second-order valence-corrected chi connectivity index (χ2v) is 6.64. The Morgan fingerprint density at radius 3 is 2.32 bits per heavy atom. The third kappa shape index (κ3) is 6.01. The number of ether oxygens (including phenoxy) is 1. The zero-order chi connectivity index (χ0) is 16.4. The van der Waals surface area contributed by atoms with Crippen LogP contribution in [0.1, 0.15) is 52.4 Å². The first-order valence-electron chi connectivity index (χ1n) is 8.52. The molecule has 22 heavy (non-hydrogen) atoms. The summed E-state index contributed by atoms with van der Waals surface area (Å²) >= 11 is 0. The van der Waals surface area contributed by atoms with Gasteiger partial charge in [-0.1, -0.05) is 32.8 Å². The van der Waals surface area contributed by atoms with Crippen LogP contribution in [-0.4, -0.2) is 36.8 Å². The minimum absolute atomic E-state index is 0.102. The van der Waals surface area contributed by atoms with E-state index in [2.05, 4.69) is 30.9 Å². The van der Waals surface area contributed by atoms with E-state index in [0.717, 1.165) is 35.7 Å². The largest absolute Gasteiger partial charge is 0.494 e. The van der Waals surface area contributed by atoms with Gasteiger partial charge < -0.3 is 14.1 Å². The van der Waals surface area contributed by atoms with Gasteiger partial charge >= 0.3 is 0 Å². The lowest BCUT2D eigenvalue weighted by Gasteiger charge is -2.33. The monoisotopic (exact) mass is 323 g/mol. The Bertz CT molecular complexity index is 417. The quantitative estimate of drug-likeness (QED) is 0.459. The van der Waals surface area contributed by atoms with Gasteiger partial charge in [0.1, 0.15) is 16.2 Å². The van der Waals surface area contributed by atoms with Crippen LogP contribution in [0.4, 0.5) is 5.69 Å². The minimum Gasteiger partial charge on any atom is -0.494 e. The fourth-order valence-corrected chi connectivity index (χ4v) is 3.64. The van der Waals surface area contributed by atoms with E-state index >= 15 is 0 Å². The zero-order valence-corrected chi connectivity index (χ0v) is 17.0. The predicted molar refractivity (Wildman–Crippen MR) is 99.1 cm³/mol. The molecule has 0 bridgehead atoms. The van der Waals surface area contributed by atoms with Gasteiger partial charge in [0, 0.05) is 25.8 Å². The SMILES string of the molecule is CCCC(CCC)(CCCOc1cccc(N(C)C)c1)O[SiH3]. The van der Waals surface area contributed by atoms with E-state index in [1.165, 1.54) is 31.4 Å². The molecule has 3 nitrogen and oxygen atoms in total. The van der Waals surface area contributed by atoms with Crippen LogP contribution in [-0.2, 0) is 4.43 Å².